The van der Waals surface area contributed by atoms with Crippen molar-refractivity contribution in [3.8, 4) is 5.75 Å². The Morgan fingerprint density at radius 2 is 1.76 bits per heavy atom. The van der Waals surface area contributed by atoms with Crippen molar-refractivity contribution in [2.24, 2.45) is 0 Å². The van der Waals surface area contributed by atoms with E-state index >= 15 is 0 Å². The molecule has 1 atom stereocenters. The Balaban J connectivity index is 1.11. The molecule has 0 spiro atoms. The van der Waals surface area contributed by atoms with Crippen LogP contribution < -0.4 is 4.74 Å². The quantitative estimate of drug-likeness (QED) is 0.397. The Morgan fingerprint density at radius 1 is 1.00 bits per heavy atom. The Bertz CT molecular complexity index is 1270. The summed E-state index contributed by atoms with van der Waals surface area (Å²) in [5.74, 6) is 1.31. The standard InChI is InChI=1S/C32H38N2O4/c1-37-19-18-34-17-14-29(32(34)36)21-28-8-4-5-9-31(28)38-23-30(35)22-33-15-12-25(13-16-33)27-11-10-24-6-2-3-7-26(24)20-27/h2-11,20-21,25,30,35H,12-19,22-23H2,1H3/b29-21-/t30-/m0/s1. The van der Waals surface area contributed by atoms with E-state index in [4.69, 9.17) is 9.47 Å². The van der Waals surface area contributed by atoms with Gasteiger partial charge < -0.3 is 24.4 Å². The number of piperidine rings is 1. The normalized spacial score (nSPS) is 18.9. The molecule has 5 rings (SSSR count). The summed E-state index contributed by atoms with van der Waals surface area (Å²) in [6.45, 7) is 4.62. The van der Waals surface area contributed by atoms with Gasteiger partial charge in [-0.3, -0.25) is 4.79 Å². The number of hydrogen-bond acceptors (Lipinski definition) is 5. The Kier molecular flexibility index (Phi) is 8.74. The molecule has 1 N–H and O–H groups in total. The molecule has 200 valence electrons. The lowest BCUT2D eigenvalue weighted by Crippen LogP contribution is -2.40. The van der Waals surface area contributed by atoms with Crippen LogP contribution in [0.15, 0.2) is 72.3 Å². The number of methoxy groups -OCH3 is 1. The third-order valence-corrected chi connectivity index (χ3v) is 7.76. The molecule has 0 unspecified atom stereocenters. The van der Waals surface area contributed by atoms with Gasteiger partial charge >= 0.3 is 0 Å². The summed E-state index contributed by atoms with van der Waals surface area (Å²) in [6.07, 6.45) is 4.25. The summed E-state index contributed by atoms with van der Waals surface area (Å²) >= 11 is 0. The fourth-order valence-electron chi connectivity index (χ4n) is 5.58. The lowest BCUT2D eigenvalue weighted by molar-refractivity contribution is -0.125. The zero-order valence-electron chi connectivity index (χ0n) is 22.2. The van der Waals surface area contributed by atoms with Crippen molar-refractivity contribution in [3.05, 3.63) is 83.4 Å². The average Bonchev–Trinajstić information content (AvgIpc) is 3.30. The summed E-state index contributed by atoms with van der Waals surface area (Å²) in [4.78, 5) is 16.9. The SMILES string of the molecule is COCCN1CC/C(=C/c2ccccc2OC[C@@H](O)CN2CCC(c3ccc4ccccc4c3)CC2)C1=O. The first-order valence-corrected chi connectivity index (χ1v) is 13.7. The van der Waals surface area contributed by atoms with Crippen LogP contribution in [0.3, 0.4) is 0 Å². The van der Waals surface area contributed by atoms with Gasteiger partial charge in [0, 0.05) is 37.9 Å². The van der Waals surface area contributed by atoms with E-state index in [0.717, 1.165) is 37.1 Å². The van der Waals surface area contributed by atoms with Crippen LogP contribution in [-0.2, 0) is 9.53 Å². The molecular weight excluding hydrogens is 476 g/mol. The molecule has 2 aliphatic heterocycles. The van der Waals surface area contributed by atoms with Gasteiger partial charge in [-0.05, 0) is 66.7 Å². The lowest BCUT2D eigenvalue weighted by Gasteiger charge is -2.33. The zero-order valence-corrected chi connectivity index (χ0v) is 22.2. The minimum Gasteiger partial charge on any atom is -0.490 e. The molecule has 2 saturated heterocycles. The maximum absolute atomic E-state index is 12.7. The van der Waals surface area contributed by atoms with Gasteiger partial charge in [-0.1, -0.05) is 60.7 Å². The van der Waals surface area contributed by atoms with Gasteiger partial charge in [0.15, 0.2) is 0 Å². The molecule has 0 radical (unpaired) electrons. The van der Waals surface area contributed by atoms with Gasteiger partial charge in [-0.15, -0.1) is 0 Å². The first-order valence-electron chi connectivity index (χ1n) is 13.7. The van der Waals surface area contributed by atoms with Crippen LogP contribution in [0.25, 0.3) is 16.8 Å². The number of ether oxygens (including phenoxy) is 2. The maximum Gasteiger partial charge on any atom is 0.249 e. The highest BCUT2D eigenvalue weighted by Crippen LogP contribution is 2.30. The molecule has 0 aromatic heterocycles. The molecule has 0 saturated carbocycles. The molecule has 3 aromatic carbocycles. The number of fused-ring (bicyclic) bond motifs is 1. The minimum atomic E-state index is -0.578. The van der Waals surface area contributed by atoms with Crippen LogP contribution in [0.2, 0.25) is 0 Å². The van der Waals surface area contributed by atoms with E-state index in [9.17, 15) is 9.90 Å². The van der Waals surface area contributed by atoms with E-state index in [1.807, 2.05) is 35.2 Å². The van der Waals surface area contributed by atoms with E-state index in [0.29, 0.717) is 44.3 Å². The number of amides is 1. The molecule has 38 heavy (non-hydrogen) atoms. The third kappa shape index (κ3) is 6.44. The molecule has 0 aliphatic carbocycles. The van der Waals surface area contributed by atoms with E-state index in [1.165, 1.54) is 16.3 Å². The van der Waals surface area contributed by atoms with Crippen LogP contribution in [0.5, 0.6) is 5.75 Å². The fraction of sp³-hybridized carbons (Fsp3) is 0.406. The number of hydrogen-bond donors (Lipinski definition) is 1. The van der Waals surface area contributed by atoms with Crippen LogP contribution in [-0.4, -0.2) is 80.0 Å². The number of aliphatic hydroxyl groups excluding tert-OH is 1. The van der Waals surface area contributed by atoms with Crippen LogP contribution in [0, 0.1) is 0 Å². The average molecular weight is 515 g/mol. The van der Waals surface area contributed by atoms with Gasteiger partial charge in [0.05, 0.1) is 6.61 Å². The molecule has 6 heteroatoms. The van der Waals surface area contributed by atoms with Gasteiger partial charge in [-0.25, -0.2) is 0 Å². The van der Waals surface area contributed by atoms with Gasteiger partial charge in [0.1, 0.15) is 18.5 Å². The molecular formula is C32H38N2O4. The molecule has 1 amide bonds. The predicted octanol–water partition coefficient (Wildman–Crippen LogP) is 4.72. The first kappa shape index (κ1) is 26.4. The highest BCUT2D eigenvalue weighted by molar-refractivity contribution is 6.00. The second-order valence-corrected chi connectivity index (χ2v) is 10.4. The van der Waals surface area contributed by atoms with Crippen molar-refractivity contribution in [3.63, 3.8) is 0 Å². The predicted molar refractivity (Wildman–Crippen MR) is 151 cm³/mol. The van der Waals surface area contributed by atoms with Crippen molar-refractivity contribution in [1.29, 1.82) is 0 Å². The van der Waals surface area contributed by atoms with Crippen molar-refractivity contribution >= 4 is 22.8 Å². The summed E-state index contributed by atoms with van der Waals surface area (Å²) < 4.78 is 11.2. The van der Waals surface area contributed by atoms with E-state index in [2.05, 4.69) is 47.4 Å². The maximum atomic E-state index is 12.7. The van der Waals surface area contributed by atoms with Gasteiger partial charge in [0.2, 0.25) is 5.91 Å². The number of β-amino-alcohol motifs (C(OH)–C–C–N with tert-alkyl or cyclic N) is 1. The number of nitrogens with zero attached hydrogens (tertiary/aromatic N) is 2. The number of likely N-dealkylation sites (tertiary alicyclic amines) is 2. The smallest absolute Gasteiger partial charge is 0.249 e. The zero-order chi connectivity index (χ0) is 26.3. The van der Waals surface area contributed by atoms with Gasteiger partial charge in [-0.2, -0.15) is 0 Å². The molecule has 2 heterocycles. The molecule has 0 bridgehead atoms. The number of aliphatic hydroxyl groups is 1. The van der Waals surface area contributed by atoms with Crippen LogP contribution >= 0.6 is 0 Å². The van der Waals surface area contributed by atoms with Crippen molar-refractivity contribution in [1.82, 2.24) is 9.80 Å². The summed E-state index contributed by atoms with van der Waals surface area (Å²) in [7, 11) is 1.65. The number of rotatable bonds is 10. The van der Waals surface area contributed by atoms with E-state index in [-0.39, 0.29) is 12.5 Å². The first-order chi connectivity index (χ1) is 18.6. The number of carbonyl (C=O) groups is 1. The van der Waals surface area contributed by atoms with Crippen molar-refractivity contribution in [2.75, 3.05) is 53.0 Å². The van der Waals surface area contributed by atoms with Crippen molar-refractivity contribution in [2.45, 2.75) is 31.3 Å². The van der Waals surface area contributed by atoms with E-state index < -0.39 is 6.10 Å². The second kappa shape index (κ2) is 12.6. The third-order valence-electron chi connectivity index (χ3n) is 7.76. The fourth-order valence-corrected chi connectivity index (χ4v) is 5.58. The topological polar surface area (TPSA) is 62.2 Å². The Hall–Kier alpha value is -3.19. The summed E-state index contributed by atoms with van der Waals surface area (Å²) in [6, 6.07) is 23.1. The van der Waals surface area contributed by atoms with E-state index in [1.54, 1.807) is 7.11 Å². The highest BCUT2D eigenvalue weighted by atomic mass is 16.5. The molecule has 2 fully saturated rings. The van der Waals surface area contributed by atoms with Crippen LogP contribution in [0.1, 0.15) is 36.3 Å². The second-order valence-electron chi connectivity index (χ2n) is 10.4. The molecule has 3 aromatic rings. The van der Waals surface area contributed by atoms with Crippen molar-refractivity contribution < 1.29 is 19.4 Å². The molecule has 6 nitrogen and oxygen atoms in total. The number of benzene rings is 3. The monoisotopic (exact) mass is 514 g/mol. The summed E-state index contributed by atoms with van der Waals surface area (Å²) in [5.41, 5.74) is 3.07. The van der Waals surface area contributed by atoms with Gasteiger partial charge in [0.25, 0.3) is 0 Å². The summed E-state index contributed by atoms with van der Waals surface area (Å²) in [5, 5.41) is 13.3. The minimum absolute atomic E-state index is 0.0592. The largest absolute Gasteiger partial charge is 0.490 e. The molecule has 2 aliphatic rings. The Labute approximate surface area is 225 Å². The Morgan fingerprint density at radius 3 is 2.58 bits per heavy atom. The number of para-hydroxylation sites is 1. The lowest BCUT2D eigenvalue weighted by atomic mass is 9.88. The highest BCUT2D eigenvalue weighted by Gasteiger charge is 2.26. The van der Waals surface area contributed by atoms with Crippen LogP contribution in [0.4, 0.5) is 0 Å². The number of carbonyl (C=O) groups excluding carboxylic acids is 1.